The maximum Gasteiger partial charge on any atom is 0.238 e. The molecule has 8 heteroatoms. The monoisotopic (exact) mass is 570 g/mol. The third kappa shape index (κ3) is 3.35. The molecule has 7 rings (SSSR count). The molecule has 39 heavy (non-hydrogen) atoms. The summed E-state index contributed by atoms with van der Waals surface area (Å²) in [6.07, 6.45) is 3.77. The second kappa shape index (κ2) is 8.91. The van der Waals surface area contributed by atoms with E-state index in [1.54, 1.807) is 24.3 Å². The lowest BCUT2D eigenvalue weighted by molar-refractivity contribution is -0.122. The normalized spacial score (nSPS) is 24.3. The fraction of sp³-hybridized carbons (Fsp3) is 0.129. The van der Waals surface area contributed by atoms with Gasteiger partial charge in [-0.3, -0.25) is 14.4 Å². The van der Waals surface area contributed by atoms with Crippen LogP contribution in [0.5, 0.6) is 0 Å². The summed E-state index contributed by atoms with van der Waals surface area (Å²) in [4.78, 5) is 45.8. The van der Waals surface area contributed by atoms with Gasteiger partial charge in [-0.1, -0.05) is 71.7 Å². The van der Waals surface area contributed by atoms with E-state index in [2.05, 4.69) is 5.32 Å². The van der Waals surface area contributed by atoms with Gasteiger partial charge in [-0.05, 0) is 58.5 Å². The Labute approximate surface area is 238 Å². The van der Waals surface area contributed by atoms with E-state index in [-0.39, 0.29) is 28.1 Å². The molecule has 0 bridgehead atoms. The molecule has 1 saturated heterocycles. The number of rotatable bonds is 4. The fourth-order valence-corrected chi connectivity index (χ4v) is 7.79. The number of Topliss-reactive ketones (excluding diaryl/α,β-unsaturated/α-hetero) is 2. The highest BCUT2D eigenvalue weighted by Gasteiger charge is 2.70. The number of para-hydroxylation sites is 1. The van der Waals surface area contributed by atoms with Crippen LogP contribution < -0.4 is 5.32 Å². The number of thiophene rings is 1. The van der Waals surface area contributed by atoms with Crippen molar-refractivity contribution in [2.45, 2.75) is 17.5 Å². The molecule has 1 amide bonds. The van der Waals surface area contributed by atoms with Gasteiger partial charge in [0.15, 0.2) is 11.6 Å². The number of fused-ring (bicyclic) bond motifs is 6. The first-order valence-corrected chi connectivity index (χ1v) is 14.1. The molecule has 0 radical (unpaired) electrons. The van der Waals surface area contributed by atoms with Crippen LogP contribution in [0.3, 0.4) is 0 Å². The molecule has 1 spiro atoms. The third-order valence-electron chi connectivity index (χ3n) is 8.08. The lowest BCUT2D eigenvalue weighted by Crippen LogP contribution is -2.49. The summed E-state index contributed by atoms with van der Waals surface area (Å²) in [7, 11) is 0. The van der Waals surface area contributed by atoms with Gasteiger partial charge >= 0.3 is 0 Å². The van der Waals surface area contributed by atoms with E-state index in [1.165, 1.54) is 17.4 Å². The van der Waals surface area contributed by atoms with Crippen LogP contribution in [0, 0.1) is 5.92 Å². The fourth-order valence-electron chi connectivity index (χ4n) is 6.59. The first-order valence-electron chi connectivity index (χ1n) is 12.5. The van der Waals surface area contributed by atoms with Crippen molar-refractivity contribution in [1.29, 1.82) is 0 Å². The minimum Gasteiger partial charge on any atom is -0.358 e. The Morgan fingerprint density at radius 3 is 2.51 bits per heavy atom. The number of carbonyl (C=O) groups excluding carboxylic acids is 3. The molecule has 3 aliphatic heterocycles. The average molecular weight is 571 g/mol. The molecule has 4 aromatic rings. The molecule has 1 aromatic heterocycles. The Balaban J connectivity index is 1.55. The third-order valence-corrected chi connectivity index (χ3v) is 9.51. The number of ketones is 2. The summed E-state index contributed by atoms with van der Waals surface area (Å²) in [5.74, 6) is -1.91. The van der Waals surface area contributed by atoms with E-state index in [1.807, 2.05) is 71.1 Å². The maximum absolute atomic E-state index is 14.5. The largest absolute Gasteiger partial charge is 0.358 e. The van der Waals surface area contributed by atoms with Crippen molar-refractivity contribution >= 4 is 63.8 Å². The molecule has 0 aliphatic carbocycles. The summed E-state index contributed by atoms with van der Waals surface area (Å²) < 4.78 is 0. The highest BCUT2D eigenvalue weighted by atomic mass is 35.5. The molecule has 4 heterocycles. The number of nitrogens with one attached hydrogen (secondary N) is 1. The molecular weight excluding hydrogens is 551 g/mol. The molecule has 1 fully saturated rings. The van der Waals surface area contributed by atoms with Crippen molar-refractivity contribution in [3.63, 3.8) is 0 Å². The number of hydrogen-bond donors (Lipinski definition) is 1. The number of benzene rings is 3. The van der Waals surface area contributed by atoms with Crippen LogP contribution in [0.25, 0.3) is 6.08 Å². The number of hydrogen-bond acceptors (Lipinski definition) is 5. The summed E-state index contributed by atoms with van der Waals surface area (Å²) in [6.45, 7) is 0. The topological polar surface area (TPSA) is 66.5 Å². The van der Waals surface area contributed by atoms with Gasteiger partial charge in [0.25, 0.3) is 0 Å². The Kier molecular flexibility index (Phi) is 5.56. The minimum absolute atomic E-state index is 0.199. The van der Waals surface area contributed by atoms with E-state index in [9.17, 15) is 14.4 Å². The Morgan fingerprint density at radius 1 is 0.923 bits per heavy atom. The van der Waals surface area contributed by atoms with E-state index < -0.39 is 23.4 Å². The predicted molar refractivity (Wildman–Crippen MR) is 154 cm³/mol. The standard InChI is InChI=1S/C31H20Cl2N2O3S/c32-18-11-12-20(22(33)16-18)27(36)26-25(28(37)24-10-5-15-39-24)31(21-8-3-4-9-23(21)34-30(31)38)29-19-7-2-1-6-17(19)13-14-35(26)29/h1-16,25-26,29H,(H,34,38)/t25-,26+,29+,31+/m0/s1. The van der Waals surface area contributed by atoms with Crippen LogP contribution in [-0.2, 0) is 10.2 Å². The van der Waals surface area contributed by atoms with Gasteiger partial charge in [-0.25, -0.2) is 0 Å². The van der Waals surface area contributed by atoms with Gasteiger partial charge in [-0.2, -0.15) is 0 Å². The second-order valence-corrected chi connectivity index (χ2v) is 11.7. The SMILES string of the molecule is O=C(c1cccs1)[C@@H]1[C@H](C(=O)c2ccc(Cl)cc2Cl)N2C=Cc3ccccc3[C@@H]2[C@]12C(=O)Nc1ccccc12. The molecular formula is C31H20Cl2N2O3S. The van der Waals surface area contributed by atoms with Gasteiger partial charge in [-0.15, -0.1) is 11.3 Å². The van der Waals surface area contributed by atoms with E-state index in [0.29, 0.717) is 21.2 Å². The van der Waals surface area contributed by atoms with Gasteiger partial charge in [0.1, 0.15) is 11.5 Å². The zero-order chi connectivity index (χ0) is 26.9. The van der Waals surface area contributed by atoms with Crippen LogP contribution in [0.4, 0.5) is 5.69 Å². The number of amides is 1. The molecule has 1 N–H and O–H groups in total. The van der Waals surface area contributed by atoms with Crippen LogP contribution >= 0.6 is 34.5 Å². The summed E-state index contributed by atoms with van der Waals surface area (Å²) >= 11 is 14.0. The highest BCUT2D eigenvalue weighted by molar-refractivity contribution is 7.12. The van der Waals surface area contributed by atoms with E-state index >= 15 is 0 Å². The van der Waals surface area contributed by atoms with Gasteiger partial charge < -0.3 is 10.2 Å². The number of anilines is 1. The molecule has 3 aromatic carbocycles. The number of halogens is 2. The Hall–Kier alpha value is -3.71. The van der Waals surface area contributed by atoms with E-state index in [0.717, 1.165) is 11.1 Å². The predicted octanol–water partition coefficient (Wildman–Crippen LogP) is 7.04. The van der Waals surface area contributed by atoms with Crippen LogP contribution in [0.2, 0.25) is 10.0 Å². The summed E-state index contributed by atoms with van der Waals surface area (Å²) in [5, 5.41) is 5.48. The molecule has 5 nitrogen and oxygen atoms in total. The maximum atomic E-state index is 14.5. The summed E-state index contributed by atoms with van der Waals surface area (Å²) in [5.41, 5.74) is 2.07. The average Bonchev–Trinajstić information content (AvgIpc) is 3.65. The van der Waals surface area contributed by atoms with E-state index in [4.69, 9.17) is 23.2 Å². The van der Waals surface area contributed by atoms with Crippen LogP contribution in [0.15, 0.2) is 90.4 Å². The molecule has 3 aliphatic rings. The smallest absolute Gasteiger partial charge is 0.238 e. The van der Waals surface area contributed by atoms with Crippen molar-refractivity contribution in [2.75, 3.05) is 5.32 Å². The molecule has 0 saturated carbocycles. The number of nitrogens with zero attached hydrogens (tertiary/aromatic N) is 1. The molecule has 4 atom stereocenters. The van der Waals surface area contributed by atoms with Gasteiger partial charge in [0.2, 0.25) is 5.91 Å². The van der Waals surface area contributed by atoms with Gasteiger partial charge in [0, 0.05) is 22.5 Å². The number of carbonyl (C=O) groups is 3. The first-order chi connectivity index (χ1) is 18.9. The molecule has 0 unspecified atom stereocenters. The highest BCUT2D eigenvalue weighted by Crippen LogP contribution is 2.62. The Morgan fingerprint density at radius 2 is 1.72 bits per heavy atom. The van der Waals surface area contributed by atoms with Crippen molar-refractivity contribution < 1.29 is 14.4 Å². The summed E-state index contributed by atoms with van der Waals surface area (Å²) in [6, 6.07) is 21.9. The second-order valence-electron chi connectivity index (χ2n) is 9.92. The van der Waals surface area contributed by atoms with Crippen molar-refractivity contribution in [3.05, 3.63) is 128 Å². The first kappa shape index (κ1) is 24.3. The zero-order valence-electron chi connectivity index (χ0n) is 20.3. The van der Waals surface area contributed by atoms with Crippen molar-refractivity contribution in [1.82, 2.24) is 4.90 Å². The van der Waals surface area contributed by atoms with Crippen molar-refractivity contribution in [3.8, 4) is 0 Å². The quantitative estimate of drug-likeness (QED) is 0.267. The minimum atomic E-state index is -1.36. The van der Waals surface area contributed by atoms with Crippen LogP contribution in [0.1, 0.15) is 42.8 Å². The lowest BCUT2D eigenvalue weighted by Gasteiger charge is -2.38. The lowest BCUT2D eigenvalue weighted by atomic mass is 9.63. The molecule has 192 valence electrons. The zero-order valence-corrected chi connectivity index (χ0v) is 22.6. The van der Waals surface area contributed by atoms with Gasteiger partial charge in [0.05, 0.1) is 21.9 Å². The Bertz CT molecular complexity index is 1720. The van der Waals surface area contributed by atoms with Crippen molar-refractivity contribution in [2.24, 2.45) is 5.92 Å². The van der Waals surface area contributed by atoms with Crippen LogP contribution in [-0.4, -0.2) is 28.4 Å².